The minimum atomic E-state index is -0.331. The molecular formula is C14H11FN2O2. The molecule has 0 radical (unpaired) electrons. The number of hydrogen-bond donors (Lipinski definition) is 2. The molecule has 0 fully saturated rings. The molecule has 2 aromatic heterocycles. The number of nitrogens with one attached hydrogen (secondary N) is 2. The molecule has 96 valence electrons. The average Bonchev–Trinajstić information content (AvgIpc) is 2.98. The predicted octanol–water partition coefficient (Wildman–Crippen LogP) is 2.83. The highest BCUT2D eigenvalue weighted by molar-refractivity contribution is 5.96. The van der Waals surface area contributed by atoms with Crippen LogP contribution in [0.4, 0.5) is 4.39 Å². The average molecular weight is 258 g/mol. The third-order valence-corrected chi connectivity index (χ3v) is 2.88. The number of fused-ring (bicyclic) bond motifs is 1. The first-order valence-corrected chi connectivity index (χ1v) is 5.82. The number of furan rings is 1. The van der Waals surface area contributed by atoms with Gasteiger partial charge in [0.15, 0.2) is 5.58 Å². The van der Waals surface area contributed by atoms with Crippen LogP contribution in [0.5, 0.6) is 0 Å². The van der Waals surface area contributed by atoms with Crippen LogP contribution in [0.3, 0.4) is 0 Å². The molecule has 4 nitrogen and oxygen atoms in total. The van der Waals surface area contributed by atoms with E-state index in [0.717, 1.165) is 5.52 Å². The molecule has 0 bridgehead atoms. The van der Waals surface area contributed by atoms with Crippen LogP contribution >= 0.6 is 0 Å². The normalized spacial score (nSPS) is 10.8. The number of aromatic nitrogens is 1. The Morgan fingerprint density at radius 2 is 2.16 bits per heavy atom. The first-order chi connectivity index (χ1) is 9.24. The maximum absolute atomic E-state index is 13.4. The molecule has 5 heteroatoms. The summed E-state index contributed by atoms with van der Waals surface area (Å²) in [5.74, 6) is -0.627. The first kappa shape index (κ1) is 11.5. The number of halogens is 1. The van der Waals surface area contributed by atoms with E-state index in [2.05, 4.69) is 10.3 Å². The lowest BCUT2D eigenvalue weighted by atomic mass is 10.2. The van der Waals surface area contributed by atoms with E-state index in [1.165, 1.54) is 6.07 Å². The van der Waals surface area contributed by atoms with Crippen LogP contribution in [0.15, 0.2) is 47.1 Å². The fourth-order valence-electron chi connectivity index (χ4n) is 1.88. The van der Waals surface area contributed by atoms with Gasteiger partial charge in [-0.25, -0.2) is 4.39 Å². The monoisotopic (exact) mass is 258 g/mol. The summed E-state index contributed by atoms with van der Waals surface area (Å²) >= 11 is 0. The van der Waals surface area contributed by atoms with E-state index in [4.69, 9.17) is 4.42 Å². The number of benzene rings is 1. The van der Waals surface area contributed by atoms with E-state index < -0.39 is 0 Å². The number of H-pyrrole nitrogens is 1. The minimum Gasteiger partial charge on any atom is -0.463 e. The molecule has 1 amide bonds. The molecule has 0 aliphatic heterocycles. The van der Waals surface area contributed by atoms with Crippen LogP contribution < -0.4 is 5.32 Å². The minimum absolute atomic E-state index is 0.145. The molecule has 0 aliphatic carbocycles. The Hall–Kier alpha value is -2.56. The molecule has 0 atom stereocenters. The molecule has 1 aromatic carbocycles. The maximum atomic E-state index is 13.4. The number of rotatable bonds is 3. The lowest BCUT2D eigenvalue weighted by Crippen LogP contribution is -2.23. The molecule has 0 saturated heterocycles. The zero-order chi connectivity index (χ0) is 13.2. The maximum Gasteiger partial charge on any atom is 0.268 e. The fraction of sp³-hybridized carbons (Fsp3) is 0.0714. The van der Waals surface area contributed by atoms with Gasteiger partial charge in [-0.15, -0.1) is 0 Å². The Balaban J connectivity index is 1.72. The number of hydrogen-bond acceptors (Lipinski definition) is 2. The Morgan fingerprint density at radius 3 is 2.95 bits per heavy atom. The van der Waals surface area contributed by atoms with Crippen molar-refractivity contribution in [3.8, 4) is 0 Å². The van der Waals surface area contributed by atoms with Crippen molar-refractivity contribution in [2.45, 2.75) is 6.54 Å². The summed E-state index contributed by atoms with van der Waals surface area (Å²) in [5.41, 5.74) is 2.23. The Kier molecular flexibility index (Phi) is 2.79. The summed E-state index contributed by atoms with van der Waals surface area (Å²) in [7, 11) is 0. The van der Waals surface area contributed by atoms with Crippen molar-refractivity contribution in [3.05, 3.63) is 59.7 Å². The van der Waals surface area contributed by atoms with Gasteiger partial charge >= 0.3 is 0 Å². The number of amides is 1. The van der Waals surface area contributed by atoms with Gasteiger partial charge < -0.3 is 14.7 Å². The van der Waals surface area contributed by atoms with Gasteiger partial charge in [-0.05, 0) is 6.07 Å². The summed E-state index contributed by atoms with van der Waals surface area (Å²) in [4.78, 5) is 14.8. The summed E-state index contributed by atoms with van der Waals surface area (Å²) in [6.07, 6.45) is 1.54. The molecule has 19 heavy (non-hydrogen) atoms. The third-order valence-electron chi connectivity index (χ3n) is 2.88. The summed E-state index contributed by atoms with van der Waals surface area (Å²) in [5, 5.41) is 2.65. The van der Waals surface area contributed by atoms with Crippen LogP contribution in [0.1, 0.15) is 16.1 Å². The summed E-state index contributed by atoms with van der Waals surface area (Å²) in [6, 6.07) is 9.70. The molecule has 0 unspecified atom stereocenters. The van der Waals surface area contributed by atoms with E-state index in [1.54, 1.807) is 36.6 Å². The quantitative estimate of drug-likeness (QED) is 0.759. The van der Waals surface area contributed by atoms with Gasteiger partial charge in [0.05, 0.1) is 11.8 Å². The molecule has 0 saturated carbocycles. The molecule has 2 N–H and O–H groups in total. The van der Waals surface area contributed by atoms with E-state index >= 15 is 0 Å². The Bertz CT molecular complexity index is 701. The van der Waals surface area contributed by atoms with Crippen LogP contribution in [0.25, 0.3) is 11.1 Å². The van der Waals surface area contributed by atoms with Crippen molar-refractivity contribution >= 4 is 17.0 Å². The highest BCUT2D eigenvalue weighted by Crippen LogP contribution is 2.16. The first-order valence-electron chi connectivity index (χ1n) is 5.82. The van der Waals surface area contributed by atoms with Gasteiger partial charge in [-0.1, -0.05) is 18.2 Å². The van der Waals surface area contributed by atoms with Gasteiger partial charge in [0.1, 0.15) is 11.5 Å². The number of carbonyl (C=O) groups is 1. The van der Waals surface area contributed by atoms with Crippen molar-refractivity contribution in [3.63, 3.8) is 0 Å². The lowest BCUT2D eigenvalue weighted by molar-refractivity contribution is 0.0946. The van der Waals surface area contributed by atoms with Crippen molar-refractivity contribution in [1.29, 1.82) is 0 Å². The fourth-order valence-corrected chi connectivity index (χ4v) is 1.88. The largest absolute Gasteiger partial charge is 0.463 e. The van der Waals surface area contributed by atoms with Crippen molar-refractivity contribution < 1.29 is 13.6 Å². The molecule has 3 rings (SSSR count). The molecular weight excluding hydrogens is 247 g/mol. The van der Waals surface area contributed by atoms with Crippen molar-refractivity contribution in [1.82, 2.24) is 10.3 Å². The summed E-state index contributed by atoms with van der Waals surface area (Å²) < 4.78 is 18.5. The second-order valence-electron chi connectivity index (χ2n) is 4.16. The highest BCUT2D eigenvalue weighted by atomic mass is 19.1. The van der Waals surface area contributed by atoms with Crippen LogP contribution in [0, 0.1) is 5.82 Å². The van der Waals surface area contributed by atoms with E-state index in [0.29, 0.717) is 16.8 Å². The SMILES string of the molecule is O=C(NCc1ccccc1F)c1cc2occc2[nH]1. The smallest absolute Gasteiger partial charge is 0.268 e. The topological polar surface area (TPSA) is 58.0 Å². The molecule has 2 heterocycles. The highest BCUT2D eigenvalue weighted by Gasteiger charge is 2.11. The second-order valence-corrected chi connectivity index (χ2v) is 4.16. The Labute approximate surface area is 108 Å². The van der Waals surface area contributed by atoms with Gasteiger partial charge in [-0.2, -0.15) is 0 Å². The predicted molar refractivity (Wildman–Crippen MR) is 68.1 cm³/mol. The lowest BCUT2D eigenvalue weighted by Gasteiger charge is -2.04. The Morgan fingerprint density at radius 1 is 1.32 bits per heavy atom. The second kappa shape index (κ2) is 4.61. The van der Waals surface area contributed by atoms with Gasteiger partial charge in [0, 0.05) is 24.2 Å². The zero-order valence-corrected chi connectivity index (χ0v) is 9.94. The standard InChI is InChI=1S/C14H11FN2O2/c15-10-4-2-1-3-9(10)8-16-14(18)12-7-13-11(17-12)5-6-19-13/h1-7,17H,8H2,(H,16,18). The molecule has 3 aromatic rings. The molecule has 0 spiro atoms. The zero-order valence-electron chi connectivity index (χ0n) is 9.94. The van der Waals surface area contributed by atoms with Gasteiger partial charge in [-0.3, -0.25) is 4.79 Å². The third kappa shape index (κ3) is 2.22. The van der Waals surface area contributed by atoms with E-state index in [1.807, 2.05) is 0 Å². The summed E-state index contributed by atoms with van der Waals surface area (Å²) in [6.45, 7) is 0.145. The van der Waals surface area contributed by atoms with Crippen molar-refractivity contribution in [2.24, 2.45) is 0 Å². The van der Waals surface area contributed by atoms with Crippen LogP contribution in [-0.2, 0) is 6.54 Å². The molecule has 0 aliphatic rings. The van der Waals surface area contributed by atoms with Gasteiger partial charge in [0.25, 0.3) is 5.91 Å². The van der Waals surface area contributed by atoms with Crippen LogP contribution in [0.2, 0.25) is 0 Å². The van der Waals surface area contributed by atoms with Crippen molar-refractivity contribution in [2.75, 3.05) is 0 Å². The van der Waals surface area contributed by atoms with E-state index in [9.17, 15) is 9.18 Å². The van der Waals surface area contributed by atoms with Crippen LogP contribution in [-0.4, -0.2) is 10.9 Å². The van der Waals surface area contributed by atoms with Gasteiger partial charge in [0.2, 0.25) is 0 Å². The van der Waals surface area contributed by atoms with E-state index in [-0.39, 0.29) is 18.3 Å². The number of aromatic amines is 1. The number of carbonyl (C=O) groups excluding carboxylic acids is 1.